The van der Waals surface area contributed by atoms with Gasteiger partial charge in [0, 0.05) is 38.0 Å². The van der Waals surface area contributed by atoms with Crippen LogP contribution >= 0.6 is 0 Å². The zero-order chi connectivity index (χ0) is 24.2. The molecular weight excluding hydrogens is 462 g/mol. The van der Waals surface area contributed by atoms with Gasteiger partial charge in [0.25, 0.3) is 5.91 Å². The number of carbonyl (C=O) groups is 1. The summed E-state index contributed by atoms with van der Waals surface area (Å²) >= 11 is 0. The predicted molar refractivity (Wildman–Crippen MR) is 130 cm³/mol. The predicted octanol–water partition coefficient (Wildman–Crippen LogP) is 3.36. The molecule has 0 spiro atoms. The molecule has 1 amide bonds. The maximum absolute atomic E-state index is 13.1. The quantitative estimate of drug-likeness (QED) is 0.605. The molecule has 0 aliphatic carbocycles. The van der Waals surface area contributed by atoms with Crippen LogP contribution in [-0.4, -0.2) is 59.5 Å². The van der Waals surface area contributed by atoms with E-state index in [0.717, 1.165) is 44.3 Å². The molecule has 1 aliphatic heterocycles. The van der Waals surface area contributed by atoms with E-state index in [1.807, 2.05) is 0 Å². The van der Waals surface area contributed by atoms with Crippen LogP contribution in [0.25, 0.3) is 0 Å². The third kappa shape index (κ3) is 5.74. The average Bonchev–Trinajstić information content (AvgIpc) is 2.79. The van der Waals surface area contributed by atoms with Gasteiger partial charge in [-0.05, 0) is 61.7 Å². The van der Waals surface area contributed by atoms with Crippen molar-refractivity contribution >= 4 is 37.1 Å². The van der Waals surface area contributed by atoms with Crippen molar-refractivity contribution in [1.82, 2.24) is 4.31 Å². The molecule has 1 N–H and O–H groups in total. The highest BCUT2D eigenvalue weighted by Crippen LogP contribution is 2.32. The van der Waals surface area contributed by atoms with Crippen LogP contribution in [-0.2, 0) is 19.9 Å². The van der Waals surface area contributed by atoms with Crippen molar-refractivity contribution in [2.75, 3.05) is 42.7 Å². The van der Waals surface area contributed by atoms with Crippen LogP contribution in [0.3, 0.4) is 0 Å². The molecule has 0 unspecified atom stereocenters. The summed E-state index contributed by atoms with van der Waals surface area (Å²) in [5, 5.41) is 2.86. The molecule has 1 saturated heterocycles. The fraction of sp³-hybridized carbons (Fsp3) is 0.435. The Labute approximate surface area is 196 Å². The number of amides is 1. The third-order valence-electron chi connectivity index (χ3n) is 5.80. The number of carbonyl (C=O) groups excluding carboxylic acids is 1. The molecule has 0 bridgehead atoms. The van der Waals surface area contributed by atoms with Crippen LogP contribution in [0.5, 0.6) is 0 Å². The van der Waals surface area contributed by atoms with Crippen molar-refractivity contribution in [2.45, 2.75) is 42.9 Å². The first-order valence-corrected chi connectivity index (χ1v) is 14.4. The molecule has 2 aromatic carbocycles. The van der Waals surface area contributed by atoms with Gasteiger partial charge in [0.1, 0.15) is 0 Å². The van der Waals surface area contributed by atoms with Crippen molar-refractivity contribution in [3.63, 3.8) is 0 Å². The average molecular weight is 494 g/mol. The number of sulfone groups is 1. The summed E-state index contributed by atoms with van der Waals surface area (Å²) in [6, 6.07) is 10.5. The standard InChI is InChI=1S/C23H31N3O5S2/c1-4-26(5-2)33(30,31)20-13-14-22(25-15-7-6-8-16-25)21(17-20)24-23(27)18-9-11-19(12-10-18)32(3,28)29/h9-14,17H,4-8,15-16H2,1-3H3,(H,24,27). The normalized spacial score (nSPS) is 15.0. The molecule has 0 atom stereocenters. The van der Waals surface area contributed by atoms with Crippen molar-refractivity contribution in [3.05, 3.63) is 48.0 Å². The topological polar surface area (TPSA) is 104 Å². The number of nitrogens with one attached hydrogen (secondary N) is 1. The number of rotatable bonds is 8. The first kappa shape index (κ1) is 25.2. The van der Waals surface area contributed by atoms with Gasteiger partial charge < -0.3 is 10.2 Å². The second-order valence-electron chi connectivity index (χ2n) is 8.07. The largest absolute Gasteiger partial charge is 0.370 e. The number of hydrogen-bond donors (Lipinski definition) is 1. The Morgan fingerprint density at radius 1 is 0.909 bits per heavy atom. The van der Waals surface area contributed by atoms with Gasteiger partial charge in [0.15, 0.2) is 9.84 Å². The van der Waals surface area contributed by atoms with Gasteiger partial charge >= 0.3 is 0 Å². The lowest BCUT2D eigenvalue weighted by Crippen LogP contribution is -2.32. The first-order chi connectivity index (χ1) is 15.6. The molecule has 180 valence electrons. The Morgan fingerprint density at radius 2 is 1.48 bits per heavy atom. The van der Waals surface area contributed by atoms with Crippen LogP contribution in [0.15, 0.2) is 52.3 Å². The minimum absolute atomic E-state index is 0.120. The Kier molecular flexibility index (Phi) is 7.81. The lowest BCUT2D eigenvalue weighted by molar-refractivity contribution is 0.102. The molecule has 0 radical (unpaired) electrons. The monoisotopic (exact) mass is 493 g/mol. The molecule has 8 nitrogen and oxygen atoms in total. The Balaban J connectivity index is 1.98. The number of anilines is 2. The van der Waals surface area contributed by atoms with E-state index in [1.54, 1.807) is 26.0 Å². The maximum atomic E-state index is 13.1. The zero-order valence-electron chi connectivity index (χ0n) is 19.2. The number of sulfonamides is 1. The summed E-state index contributed by atoms with van der Waals surface area (Å²) in [7, 11) is -7.07. The lowest BCUT2D eigenvalue weighted by Gasteiger charge is -2.31. The van der Waals surface area contributed by atoms with Crippen LogP contribution in [0.1, 0.15) is 43.5 Å². The number of benzene rings is 2. The van der Waals surface area contributed by atoms with Gasteiger partial charge in [0.05, 0.1) is 21.2 Å². The summed E-state index contributed by atoms with van der Waals surface area (Å²) < 4.78 is 50.9. The van der Waals surface area contributed by atoms with E-state index in [1.165, 1.54) is 34.6 Å². The summed E-state index contributed by atoms with van der Waals surface area (Å²) in [6.45, 7) is 5.92. The van der Waals surface area contributed by atoms with E-state index >= 15 is 0 Å². The second kappa shape index (κ2) is 10.2. The van der Waals surface area contributed by atoms with Crippen molar-refractivity contribution in [1.29, 1.82) is 0 Å². The summed E-state index contributed by atoms with van der Waals surface area (Å²) in [5.41, 5.74) is 1.47. The number of nitrogens with zero attached hydrogens (tertiary/aromatic N) is 2. The molecular formula is C23H31N3O5S2. The van der Waals surface area contributed by atoms with E-state index in [0.29, 0.717) is 18.8 Å². The van der Waals surface area contributed by atoms with Crippen molar-refractivity contribution in [2.24, 2.45) is 0 Å². The minimum Gasteiger partial charge on any atom is -0.370 e. The van der Waals surface area contributed by atoms with E-state index in [4.69, 9.17) is 0 Å². The molecule has 1 aliphatic rings. The summed E-state index contributed by atoms with van der Waals surface area (Å²) in [5.74, 6) is -0.439. The highest BCUT2D eigenvalue weighted by molar-refractivity contribution is 7.90. The van der Waals surface area contributed by atoms with E-state index in [9.17, 15) is 21.6 Å². The van der Waals surface area contributed by atoms with Crippen LogP contribution in [0, 0.1) is 0 Å². The summed E-state index contributed by atoms with van der Waals surface area (Å²) in [4.78, 5) is 15.4. The smallest absolute Gasteiger partial charge is 0.255 e. The highest BCUT2D eigenvalue weighted by Gasteiger charge is 2.25. The van der Waals surface area contributed by atoms with Gasteiger partial charge in [-0.2, -0.15) is 4.31 Å². The van der Waals surface area contributed by atoms with E-state index in [2.05, 4.69) is 10.2 Å². The van der Waals surface area contributed by atoms with E-state index < -0.39 is 25.8 Å². The fourth-order valence-electron chi connectivity index (χ4n) is 3.95. The van der Waals surface area contributed by atoms with Gasteiger partial charge in [-0.3, -0.25) is 4.79 Å². The Morgan fingerprint density at radius 3 is 2.03 bits per heavy atom. The maximum Gasteiger partial charge on any atom is 0.255 e. The first-order valence-electron chi connectivity index (χ1n) is 11.1. The number of piperidine rings is 1. The van der Waals surface area contributed by atoms with Crippen LogP contribution < -0.4 is 10.2 Å². The third-order valence-corrected chi connectivity index (χ3v) is 8.98. The van der Waals surface area contributed by atoms with Crippen LogP contribution in [0.4, 0.5) is 11.4 Å². The summed E-state index contributed by atoms with van der Waals surface area (Å²) in [6.07, 6.45) is 4.30. The highest BCUT2D eigenvalue weighted by atomic mass is 32.2. The fourth-order valence-corrected chi connectivity index (χ4v) is 6.06. The number of hydrogen-bond acceptors (Lipinski definition) is 6. The molecule has 0 saturated carbocycles. The molecule has 33 heavy (non-hydrogen) atoms. The Hall–Kier alpha value is -2.43. The van der Waals surface area contributed by atoms with Gasteiger partial charge in [-0.25, -0.2) is 16.8 Å². The minimum atomic E-state index is -3.70. The second-order valence-corrected chi connectivity index (χ2v) is 12.0. The van der Waals surface area contributed by atoms with E-state index in [-0.39, 0.29) is 15.4 Å². The zero-order valence-corrected chi connectivity index (χ0v) is 20.9. The molecule has 1 heterocycles. The van der Waals surface area contributed by atoms with Gasteiger partial charge in [-0.1, -0.05) is 13.8 Å². The van der Waals surface area contributed by atoms with Crippen molar-refractivity contribution < 1.29 is 21.6 Å². The molecule has 10 heteroatoms. The van der Waals surface area contributed by atoms with Gasteiger partial charge in [0.2, 0.25) is 10.0 Å². The van der Waals surface area contributed by atoms with Crippen molar-refractivity contribution in [3.8, 4) is 0 Å². The molecule has 1 fully saturated rings. The van der Waals surface area contributed by atoms with Crippen LogP contribution in [0.2, 0.25) is 0 Å². The molecule has 3 rings (SSSR count). The SMILES string of the molecule is CCN(CC)S(=O)(=O)c1ccc(N2CCCCC2)c(NC(=O)c2ccc(S(C)(=O)=O)cc2)c1. The Bertz CT molecular complexity index is 1200. The lowest BCUT2D eigenvalue weighted by atomic mass is 10.1. The van der Waals surface area contributed by atoms with Gasteiger partial charge in [-0.15, -0.1) is 0 Å². The molecule has 2 aromatic rings. The molecule has 0 aromatic heterocycles.